The number of carboxylic acid groups (broad SMARTS) is 1. The molecule has 0 aliphatic heterocycles. The Labute approximate surface area is 94.9 Å². The monoisotopic (exact) mass is 226 g/mol. The van der Waals surface area contributed by atoms with Gasteiger partial charge in [-0.2, -0.15) is 0 Å². The van der Waals surface area contributed by atoms with E-state index in [9.17, 15) is 4.79 Å². The highest BCUT2D eigenvalue weighted by Gasteiger charge is 2.14. The molecular weight excluding hydrogens is 208 g/mol. The van der Waals surface area contributed by atoms with Crippen LogP contribution < -0.4 is 0 Å². The zero-order chi connectivity index (χ0) is 12.1. The molecule has 1 aromatic rings. The van der Waals surface area contributed by atoms with Crippen molar-refractivity contribution in [3.8, 4) is 0 Å². The van der Waals surface area contributed by atoms with Crippen molar-refractivity contribution in [1.82, 2.24) is 19.7 Å². The summed E-state index contributed by atoms with van der Waals surface area (Å²) in [4.78, 5) is 12.6. The van der Waals surface area contributed by atoms with E-state index in [-0.39, 0.29) is 12.5 Å². The summed E-state index contributed by atoms with van der Waals surface area (Å²) >= 11 is 0. The van der Waals surface area contributed by atoms with Crippen molar-refractivity contribution in [2.75, 3.05) is 6.54 Å². The molecule has 0 bridgehead atoms. The summed E-state index contributed by atoms with van der Waals surface area (Å²) in [5.41, 5.74) is 0. The van der Waals surface area contributed by atoms with Gasteiger partial charge in [-0.3, -0.25) is 9.69 Å². The SMILES string of the molecule is CC(C)N(CCC(=O)O)Cc1nncn1C. The number of carboxylic acids is 1. The van der Waals surface area contributed by atoms with Crippen LogP contribution in [0.15, 0.2) is 6.33 Å². The highest BCUT2D eigenvalue weighted by atomic mass is 16.4. The predicted octanol–water partition coefficient (Wildman–Crippen LogP) is 0.500. The lowest BCUT2D eigenvalue weighted by Crippen LogP contribution is -2.33. The van der Waals surface area contributed by atoms with Crippen LogP contribution in [-0.4, -0.2) is 43.3 Å². The molecule has 0 saturated heterocycles. The van der Waals surface area contributed by atoms with Gasteiger partial charge in [-0.1, -0.05) is 0 Å². The van der Waals surface area contributed by atoms with Gasteiger partial charge in [0.15, 0.2) is 0 Å². The minimum absolute atomic E-state index is 0.149. The molecule has 0 amide bonds. The van der Waals surface area contributed by atoms with Gasteiger partial charge in [-0.15, -0.1) is 10.2 Å². The van der Waals surface area contributed by atoms with E-state index < -0.39 is 5.97 Å². The van der Waals surface area contributed by atoms with Crippen LogP contribution in [0.4, 0.5) is 0 Å². The van der Waals surface area contributed by atoms with Crippen molar-refractivity contribution in [1.29, 1.82) is 0 Å². The van der Waals surface area contributed by atoms with Gasteiger partial charge in [0.2, 0.25) is 0 Å². The molecule has 0 radical (unpaired) electrons. The zero-order valence-electron chi connectivity index (χ0n) is 9.92. The average molecular weight is 226 g/mol. The van der Waals surface area contributed by atoms with E-state index >= 15 is 0 Å². The van der Waals surface area contributed by atoms with Gasteiger partial charge < -0.3 is 9.67 Å². The van der Waals surface area contributed by atoms with Crippen LogP contribution in [0.2, 0.25) is 0 Å². The number of hydrogen-bond acceptors (Lipinski definition) is 4. The van der Waals surface area contributed by atoms with Crippen LogP contribution in [-0.2, 0) is 18.4 Å². The Hall–Kier alpha value is -1.43. The summed E-state index contributed by atoms with van der Waals surface area (Å²) in [6, 6.07) is 0.288. The molecule has 0 unspecified atom stereocenters. The Morgan fingerprint density at radius 2 is 2.31 bits per heavy atom. The standard InChI is InChI=1S/C10H18N4O2/c1-8(2)14(5-4-10(15)16)6-9-12-11-7-13(9)3/h7-8H,4-6H2,1-3H3,(H,15,16). The molecule has 0 aliphatic rings. The van der Waals surface area contributed by atoms with E-state index in [1.54, 1.807) is 6.33 Å². The molecule has 6 nitrogen and oxygen atoms in total. The molecule has 1 N–H and O–H groups in total. The minimum Gasteiger partial charge on any atom is -0.481 e. The second-order valence-corrected chi connectivity index (χ2v) is 4.07. The lowest BCUT2D eigenvalue weighted by molar-refractivity contribution is -0.137. The van der Waals surface area contributed by atoms with Gasteiger partial charge in [-0.25, -0.2) is 0 Å². The van der Waals surface area contributed by atoms with Gasteiger partial charge in [-0.05, 0) is 13.8 Å². The average Bonchev–Trinajstić information content (AvgIpc) is 2.58. The number of aromatic nitrogens is 3. The molecule has 0 aromatic carbocycles. The van der Waals surface area contributed by atoms with Crippen LogP contribution in [0, 0.1) is 0 Å². The quantitative estimate of drug-likeness (QED) is 0.764. The second kappa shape index (κ2) is 5.60. The summed E-state index contributed by atoms with van der Waals surface area (Å²) in [7, 11) is 1.88. The first-order valence-electron chi connectivity index (χ1n) is 5.29. The van der Waals surface area contributed by atoms with Crippen LogP contribution in [0.3, 0.4) is 0 Å². The smallest absolute Gasteiger partial charge is 0.304 e. The van der Waals surface area contributed by atoms with Crippen LogP contribution in [0.5, 0.6) is 0 Å². The molecule has 1 rings (SSSR count). The number of aryl methyl sites for hydroxylation is 1. The molecule has 0 atom stereocenters. The third kappa shape index (κ3) is 3.62. The van der Waals surface area contributed by atoms with Crippen molar-refractivity contribution < 1.29 is 9.90 Å². The maximum atomic E-state index is 10.5. The van der Waals surface area contributed by atoms with Gasteiger partial charge >= 0.3 is 5.97 Å². The molecule has 6 heteroatoms. The van der Waals surface area contributed by atoms with Gasteiger partial charge in [0.05, 0.1) is 13.0 Å². The Balaban J connectivity index is 2.58. The Bertz CT molecular complexity index is 348. The fourth-order valence-electron chi connectivity index (χ4n) is 1.39. The van der Waals surface area contributed by atoms with E-state index in [0.29, 0.717) is 13.1 Å². The molecule has 1 aromatic heterocycles. The topological polar surface area (TPSA) is 71.2 Å². The normalized spacial score (nSPS) is 11.3. The fourth-order valence-corrected chi connectivity index (χ4v) is 1.39. The first-order chi connectivity index (χ1) is 7.50. The molecule has 90 valence electrons. The summed E-state index contributed by atoms with van der Waals surface area (Å²) in [6.45, 7) is 5.23. The Kier molecular flexibility index (Phi) is 4.42. The summed E-state index contributed by atoms with van der Waals surface area (Å²) in [5, 5.41) is 16.5. The van der Waals surface area contributed by atoms with Crippen LogP contribution in [0.1, 0.15) is 26.1 Å². The first kappa shape index (κ1) is 12.6. The lowest BCUT2D eigenvalue weighted by Gasteiger charge is -2.24. The van der Waals surface area contributed by atoms with E-state index in [1.807, 2.05) is 25.5 Å². The van der Waals surface area contributed by atoms with Crippen molar-refractivity contribution in [2.24, 2.45) is 7.05 Å². The summed E-state index contributed by atoms with van der Waals surface area (Å²) in [6.07, 6.45) is 1.79. The van der Waals surface area contributed by atoms with Crippen LogP contribution >= 0.6 is 0 Å². The van der Waals surface area contributed by atoms with Gasteiger partial charge in [0.1, 0.15) is 12.2 Å². The third-order valence-corrected chi connectivity index (χ3v) is 2.49. The molecule has 0 aliphatic carbocycles. The first-order valence-corrected chi connectivity index (χ1v) is 5.29. The van der Waals surface area contributed by atoms with Crippen molar-refractivity contribution in [3.63, 3.8) is 0 Å². The molecule has 0 spiro atoms. The Morgan fingerprint density at radius 1 is 1.62 bits per heavy atom. The minimum atomic E-state index is -0.774. The summed E-state index contributed by atoms with van der Waals surface area (Å²) in [5.74, 6) is 0.0719. The number of carbonyl (C=O) groups is 1. The number of nitrogens with zero attached hydrogens (tertiary/aromatic N) is 4. The zero-order valence-corrected chi connectivity index (χ0v) is 9.92. The second-order valence-electron chi connectivity index (χ2n) is 4.07. The maximum absolute atomic E-state index is 10.5. The van der Waals surface area contributed by atoms with E-state index in [0.717, 1.165) is 5.82 Å². The third-order valence-electron chi connectivity index (χ3n) is 2.49. The predicted molar refractivity (Wildman–Crippen MR) is 58.8 cm³/mol. The highest BCUT2D eigenvalue weighted by molar-refractivity contribution is 5.66. The van der Waals surface area contributed by atoms with E-state index in [1.165, 1.54) is 0 Å². The molecule has 0 saturated carbocycles. The van der Waals surface area contributed by atoms with Gasteiger partial charge in [0, 0.05) is 19.6 Å². The lowest BCUT2D eigenvalue weighted by atomic mass is 10.3. The number of aliphatic carboxylic acids is 1. The highest BCUT2D eigenvalue weighted by Crippen LogP contribution is 2.06. The van der Waals surface area contributed by atoms with E-state index in [4.69, 9.17) is 5.11 Å². The molecular formula is C10H18N4O2. The van der Waals surface area contributed by atoms with Crippen molar-refractivity contribution in [2.45, 2.75) is 32.9 Å². The molecule has 1 heterocycles. The maximum Gasteiger partial charge on any atom is 0.304 e. The van der Waals surface area contributed by atoms with Gasteiger partial charge in [0.25, 0.3) is 0 Å². The number of rotatable bonds is 6. The molecule has 0 fully saturated rings. The van der Waals surface area contributed by atoms with Crippen molar-refractivity contribution in [3.05, 3.63) is 12.2 Å². The molecule has 16 heavy (non-hydrogen) atoms. The van der Waals surface area contributed by atoms with E-state index in [2.05, 4.69) is 15.1 Å². The Morgan fingerprint density at radius 3 is 2.75 bits per heavy atom. The largest absolute Gasteiger partial charge is 0.481 e. The number of hydrogen-bond donors (Lipinski definition) is 1. The summed E-state index contributed by atoms with van der Waals surface area (Å²) < 4.78 is 1.84. The fraction of sp³-hybridized carbons (Fsp3) is 0.700. The van der Waals surface area contributed by atoms with Crippen LogP contribution in [0.25, 0.3) is 0 Å². The van der Waals surface area contributed by atoms with Crippen molar-refractivity contribution >= 4 is 5.97 Å².